The monoisotopic (exact) mass is 296 g/mol. The summed E-state index contributed by atoms with van der Waals surface area (Å²) in [6, 6.07) is 1.79. The first kappa shape index (κ1) is 11.9. The van der Waals surface area contributed by atoms with Crippen molar-refractivity contribution in [2.75, 3.05) is 6.54 Å². The van der Waals surface area contributed by atoms with E-state index in [4.69, 9.17) is 5.26 Å². The summed E-state index contributed by atoms with van der Waals surface area (Å²) in [6.45, 7) is 2.64. The zero-order valence-corrected chi connectivity index (χ0v) is 9.90. The van der Waals surface area contributed by atoms with Gasteiger partial charge in [0.05, 0.1) is 0 Å². The van der Waals surface area contributed by atoms with E-state index in [2.05, 4.69) is 37.2 Å². The fourth-order valence-electron chi connectivity index (χ4n) is 0.540. The normalized spacial score (nSPS) is 10.5. The highest BCUT2D eigenvalue weighted by atomic mass is 79.9. The molecule has 0 aliphatic heterocycles. The van der Waals surface area contributed by atoms with Crippen LogP contribution in [0.5, 0.6) is 0 Å². The largest absolute Gasteiger partial charge is 0.353 e. The minimum Gasteiger partial charge on any atom is -0.353 e. The average molecular weight is 298 g/mol. The second kappa shape index (κ2) is 5.55. The van der Waals surface area contributed by atoms with Gasteiger partial charge >= 0.3 is 0 Å². The van der Waals surface area contributed by atoms with Gasteiger partial charge in [0.2, 0.25) is 3.23 Å². The maximum atomic E-state index is 11.1. The molecule has 0 aliphatic carbocycles. The van der Waals surface area contributed by atoms with Gasteiger partial charge in [0.25, 0.3) is 5.91 Å². The van der Waals surface area contributed by atoms with E-state index >= 15 is 0 Å². The number of rotatable bonds is 4. The first-order chi connectivity index (χ1) is 5.54. The van der Waals surface area contributed by atoms with Crippen LogP contribution in [0, 0.1) is 11.3 Å². The molecule has 12 heavy (non-hydrogen) atoms. The summed E-state index contributed by atoms with van der Waals surface area (Å²) in [5.41, 5.74) is 0. The second-order valence-electron chi connectivity index (χ2n) is 2.30. The van der Waals surface area contributed by atoms with E-state index in [9.17, 15) is 4.79 Å². The fourth-order valence-corrected chi connectivity index (χ4v) is 0.821. The third-order valence-corrected chi connectivity index (χ3v) is 2.32. The molecule has 0 atom stereocenters. The average Bonchev–Trinajstić information content (AvgIpc) is 2.05. The topological polar surface area (TPSA) is 52.9 Å². The molecule has 0 saturated heterocycles. The Labute approximate surface area is 88.8 Å². The van der Waals surface area contributed by atoms with Gasteiger partial charge in [-0.1, -0.05) is 13.3 Å². The van der Waals surface area contributed by atoms with E-state index in [-0.39, 0.29) is 5.91 Å². The summed E-state index contributed by atoms with van der Waals surface area (Å²) in [5.74, 6) is -0.349. The minimum atomic E-state index is -1.27. The van der Waals surface area contributed by atoms with Crippen molar-refractivity contribution >= 4 is 37.8 Å². The molecule has 0 heterocycles. The number of hydrogen-bond donors (Lipinski definition) is 1. The Morgan fingerprint density at radius 1 is 1.67 bits per heavy atom. The van der Waals surface area contributed by atoms with Gasteiger partial charge in [-0.25, -0.2) is 0 Å². The molecule has 0 aromatic heterocycles. The summed E-state index contributed by atoms with van der Waals surface area (Å²) < 4.78 is -1.27. The number of alkyl halides is 2. The Hall–Kier alpha value is -0.0800. The third-order valence-electron chi connectivity index (χ3n) is 1.24. The number of halogens is 2. The molecule has 0 fully saturated rings. The lowest BCUT2D eigenvalue weighted by atomic mass is 10.3. The van der Waals surface area contributed by atoms with Crippen molar-refractivity contribution in [1.29, 1.82) is 5.26 Å². The molecule has 0 unspecified atom stereocenters. The molecule has 0 saturated carbocycles. The van der Waals surface area contributed by atoms with Gasteiger partial charge in [-0.3, -0.25) is 4.79 Å². The fraction of sp³-hybridized carbons (Fsp3) is 0.714. The zero-order valence-electron chi connectivity index (χ0n) is 6.73. The highest BCUT2D eigenvalue weighted by molar-refractivity contribution is 9.26. The Kier molecular flexibility index (Phi) is 5.51. The van der Waals surface area contributed by atoms with Crippen LogP contribution in [-0.4, -0.2) is 15.7 Å². The number of hydrogen-bond acceptors (Lipinski definition) is 2. The molecule has 5 heteroatoms. The molecule has 0 aromatic rings. The highest BCUT2D eigenvalue weighted by Crippen LogP contribution is 2.24. The van der Waals surface area contributed by atoms with Crippen molar-refractivity contribution in [2.24, 2.45) is 0 Å². The van der Waals surface area contributed by atoms with Crippen molar-refractivity contribution < 1.29 is 4.79 Å². The summed E-state index contributed by atoms with van der Waals surface area (Å²) in [6.07, 6.45) is 1.94. The van der Waals surface area contributed by atoms with Crippen LogP contribution in [0.3, 0.4) is 0 Å². The van der Waals surface area contributed by atoms with Crippen LogP contribution in [-0.2, 0) is 4.79 Å². The van der Waals surface area contributed by atoms with Crippen molar-refractivity contribution in [1.82, 2.24) is 5.32 Å². The number of carbonyl (C=O) groups excluding carboxylic acids is 1. The van der Waals surface area contributed by atoms with Gasteiger partial charge < -0.3 is 5.32 Å². The maximum Gasteiger partial charge on any atom is 0.262 e. The van der Waals surface area contributed by atoms with E-state index in [1.165, 1.54) is 0 Å². The summed E-state index contributed by atoms with van der Waals surface area (Å²) in [7, 11) is 0. The SMILES string of the molecule is CCCCNC(=O)C(Br)(Br)C#N. The number of amides is 1. The summed E-state index contributed by atoms with van der Waals surface area (Å²) >= 11 is 5.88. The molecule has 0 rings (SSSR count). The van der Waals surface area contributed by atoms with Crippen LogP contribution in [0.4, 0.5) is 0 Å². The number of nitrogens with zero attached hydrogens (tertiary/aromatic N) is 1. The molecule has 0 aliphatic rings. The molecule has 68 valence electrons. The van der Waals surface area contributed by atoms with Crippen LogP contribution < -0.4 is 5.32 Å². The van der Waals surface area contributed by atoms with Crippen LogP contribution >= 0.6 is 31.9 Å². The Morgan fingerprint density at radius 3 is 2.67 bits per heavy atom. The lowest BCUT2D eigenvalue weighted by Gasteiger charge is -2.10. The van der Waals surface area contributed by atoms with E-state index < -0.39 is 3.23 Å². The number of nitriles is 1. The number of unbranched alkanes of at least 4 members (excludes halogenated alkanes) is 1. The maximum absolute atomic E-state index is 11.1. The number of carbonyl (C=O) groups is 1. The van der Waals surface area contributed by atoms with Crippen molar-refractivity contribution in [2.45, 2.75) is 23.0 Å². The van der Waals surface area contributed by atoms with E-state index in [0.29, 0.717) is 6.54 Å². The zero-order chi connectivity index (χ0) is 9.61. The summed E-state index contributed by atoms with van der Waals surface area (Å²) in [5, 5.41) is 11.1. The van der Waals surface area contributed by atoms with Crippen LogP contribution in [0.2, 0.25) is 0 Å². The van der Waals surface area contributed by atoms with Crippen molar-refractivity contribution in [3.8, 4) is 6.07 Å². The summed E-state index contributed by atoms with van der Waals surface area (Å²) in [4.78, 5) is 11.1. The molecule has 0 radical (unpaired) electrons. The van der Waals surface area contributed by atoms with E-state index in [1.54, 1.807) is 6.07 Å². The third kappa shape index (κ3) is 4.07. The van der Waals surface area contributed by atoms with Crippen LogP contribution in [0.1, 0.15) is 19.8 Å². The van der Waals surface area contributed by atoms with Crippen molar-refractivity contribution in [3.05, 3.63) is 0 Å². The predicted octanol–water partition coefficient (Wildman–Crippen LogP) is 1.91. The lowest BCUT2D eigenvalue weighted by Crippen LogP contribution is -2.37. The molecular formula is C7H10Br2N2O. The van der Waals surface area contributed by atoms with Crippen LogP contribution in [0.15, 0.2) is 0 Å². The quantitative estimate of drug-likeness (QED) is 0.637. The molecular weight excluding hydrogens is 288 g/mol. The smallest absolute Gasteiger partial charge is 0.262 e. The Balaban J connectivity index is 3.82. The van der Waals surface area contributed by atoms with Gasteiger partial charge in [0, 0.05) is 6.54 Å². The van der Waals surface area contributed by atoms with E-state index in [1.807, 2.05) is 6.92 Å². The Bertz CT molecular complexity index is 198. The van der Waals surface area contributed by atoms with Gasteiger partial charge in [-0.05, 0) is 38.3 Å². The molecule has 1 N–H and O–H groups in total. The predicted molar refractivity (Wildman–Crippen MR) is 54.1 cm³/mol. The minimum absolute atomic E-state index is 0.349. The first-order valence-corrected chi connectivity index (χ1v) is 5.20. The first-order valence-electron chi connectivity index (χ1n) is 3.62. The van der Waals surface area contributed by atoms with E-state index in [0.717, 1.165) is 12.8 Å². The van der Waals surface area contributed by atoms with Gasteiger partial charge in [0.15, 0.2) is 0 Å². The molecule has 0 aromatic carbocycles. The Morgan fingerprint density at radius 2 is 2.25 bits per heavy atom. The second-order valence-corrected chi connectivity index (χ2v) is 5.74. The van der Waals surface area contributed by atoms with Crippen LogP contribution in [0.25, 0.3) is 0 Å². The molecule has 3 nitrogen and oxygen atoms in total. The van der Waals surface area contributed by atoms with Gasteiger partial charge in [-0.2, -0.15) is 5.26 Å². The molecule has 0 bridgehead atoms. The number of nitrogens with one attached hydrogen (secondary N) is 1. The lowest BCUT2D eigenvalue weighted by molar-refractivity contribution is -0.120. The molecule has 1 amide bonds. The van der Waals surface area contributed by atoms with Gasteiger partial charge in [-0.15, -0.1) is 0 Å². The highest BCUT2D eigenvalue weighted by Gasteiger charge is 2.31. The van der Waals surface area contributed by atoms with Crippen molar-refractivity contribution in [3.63, 3.8) is 0 Å². The standard InChI is InChI=1S/C7H10Br2N2O/c1-2-3-4-11-6(12)7(8,9)5-10/h2-4H2,1H3,(H,11,12). The molecule has 0 spiro atoms. The van der Waals surface area contributed by atoms with Gasteiger partial charge in [0.1, 0.15) is 6.07 Å².